The molecular formula is C13H21N3O3S. The van der Waals surface area contributed by atoms with Crippen LogP contribution >= 0.6 is 0 Å². The van der Waals surface area contributed by atoms with Crippen LogP contribution in [0.5, 0.6) is 0 Å². The van der Waals surface area contributed by atoms with Crippen molar-refractivity contribution in [2.75, 3.05) is 28.9 Å². The van der Waals surface area contributed by atoms with Crippen LogP contribution in [0.4, 0.5) is 11.4 Å². The van der Waals surface area contributed by atoms with E-state index in [4.69, 9.17) is 0 Å². The summed E-state index contributed by atoms with van der Waals surface area (Å²) in [5, 5.41) is 5.73. The zero-order valence-corrected chi connectivity index (χ0v) is 12.6. The number of benzene rings is 1. The summed E-state index contributed by atoms with van der Waals surface area (Å²) in [7, 11) is -3.27. The number of hydrogen-bond acceptors (Lipinski definition) is 4. The summed E-state index contributed by atoms with van der Waals surface area (Å²) >= 11 is 0. The van der Waals surface area contributed by atoms with Gasteiger partial charge >= 0.3 is 0 Å². The molecule has 0 heterocycles. The van der Waals surface area contributed by atoms with Crippen LogP contribution in [0.3, 0.4) is 0 Å². The van der Waals surface area contributed by atoms with Gasteiger partial charge in [-0.15, -0.1) is 0 Å². The molecule has 0 fully saturated rings. The number of amides is 1. The molecule has 0 aliphatic rings. The maximum Gasteiger partial charge on any atom is 0.238 e. The minimum absolute atomic E-state index is 0.0224. The van der Waals surface area contributed by atoms with Crippen molar-refractivity contribution in [1.82, 2.24) is 5.32 Å². The van der Waals surface area contributed by atoms with Gasteiger partial charge in [0.25, 0.3) is 0 Å². The van der Waals surface area contributed by atoms with E-state index in [1.807, 2.05) is 6.92 Å². The fourth-order valence-corrected chi connectivity index (χ4v) is 2.10. The first kappa shape index (κ1) is 16.5. The lowest BCUT2D eigenvalue weighted by molar-refractivity contribution is -0.115. The monoisotopic (exact) mass is 299 g/mol. The second kappa shape index (κ2) is 7.86. The topological polar surface area (TPSA) is 87.3 Å². The number of carbonyl (C=O) groups is 1. The Balaban J connectivity index is 2.52. The normalized spacial score (nSPS) is 11.1. The molecule has 20 heavy (non-hydrogen) atoms. The molecule has 0 atom stereocenters. The van der Waals surface area contributed by atoms with E-state index in [0.717, 1.165) is 13.0 Å². The van der Waals surface area contributed by atoms with E-state index in [2.05, 4.69) is 15.4 Å². The van der Waals surface area contributed by atoms with Crippen molar-refractivity contribution in [2.45, 2.75) is 20.3 Å². The number of hydrogen-bond donors (Lipinski definition) is 3. The summed E-state index contributed by atoms with van der Waals surface area (Å²) in [5.41, 5.74) is 1.11. The molecule has 0 aromatic heterocycles. The molecule has 112 valence electrons. The lowest BCUT2D eigenvalue weighted by Gasteiger charge is -2.08. The average Bonchev–Trinajstić information content (AvgIpc) is 2.41. The van der Waals surface area contributed by atoms with E-state index in [0.29, 0.717) is 11.4 Å². The van der Waals surface area contributed by atoms with E-state index in [1.54, 1.807) is 31.2 Å². The van der Waals surface area contributed by atoms with Gasteiger partial charge in [-0.25, -0.2) is 8.42 Å². The van der Waals surface area contributed by atoms with Gasteiger partial charge in [0.2, 0.25) is 15.9 Å². The Morgan fingerprint density at radius 3 is 2.25 bits per heavy atom. The molecule has 0 saturated carbocycles. The maximum absolute atomic E-state index is 11.6. The van der Waals surface area contributed by atoms with Crippen molar-refractivity contribution >= 4 is 27.3 Å². The largest absolute Gasteiger partial charge is 0.325 e. The fourth-order valence-electron chi connectivity index (χ4n) is 1.46. The van der Waals surface area contributed by atoms with Gasteiger partial charge in [0, 0.05) is 11.4 Å². The summed E-state index contributed by atoms with van der Waals surface area (Å²) in [5.74, 6) is -0.102. The number of carbonyl (C=O) groups excluding carboxylic acids is 1. The Kier molecular flexibility index (Phi) is 6.47. The van der Waals surface area contributed by atoms with Gasteiger partial charge < -0.3 is 10.6 Å². The SMILES string of the molecule is CCCNCC(=O)Nc1ccc(NS(=O)(=O)CC)cc1. The molecule has 1 aromatic carbocycles. The second-order valence-corrected chi connectivity index (χ2v) is 6.32. The molecule has 1 rings (SSSR count). The van der Waals surface area contributed by atoms with E-state index in [9.17, 15) is 13.2 Å². The van der Waals surface area contributed by atoms with E-state index in [-0.39, 0.29) is 18.2 Å². The highest BCUT2D eigenvalue weighted by molar-refractivity contribution is 7.92. The molecule has 1 amide bonds. The predicted octanol–water partition coefficient (Wildman–Crippen LogP) is 1.39. The molecule has 0 aliphatic heterocycles. The lowest BCUT2D eigenvalue weighted by atomic mass is 10.3. The van der Waals surface area contributed by atoms with Crippen molar-refractivity contribution in [3.63, 3.8) is 0 Å². The van der Waals surface area contributed by atoms with Crippen molar-refractivity contribution < 1.29 is 13.2 Å². The lowest BCUT2D eigenvalue weighted by Crippen LogP contribution is -2.28. The summed E-state index contributed by atoms with van der Waals surface area (Å²) in [6, 6.07) is 6.54. The Morgan fingerprint density at radius 1 is 1.10 bits per heavy atom. The van der Waals surface area contributed by atoms with Gasteiger partial charge in [0.1, 0.15) is 0 Å². The van der Waals surface area contributed by atoms with Crippen LogP contribution in [-0.4, -0.2) is 33.2 Å². The first-order valence-electron chi connectivity index (χ1n) is 6.58. The highest BCUT2D eigenvalue weighted by Crippen LogP contribution is 2.14. The molecule has 0 radical (unpaired) electrons. The van der Waals surface area contributed by atoms with Gasteiger partial charge in [0.05, 0.1) is 12.3 Å². The van der Waals surface area contributed by atoms with E-state index in [1.165, 1.54) is 0 Å². The van der Waals surface area contributed by atoms with Crippen LogP contribution in [0, 0.1) is 0 Å². The van der Waals surface area contributed by atoms with Crippen molar-refractivity contribution in [1.29, 1.82) is 0 Å². The summed E-state index contributed by atoms with van der Waals surface area (Å²) in [6.45, 7) is 4.66. The maximum atomic E-state index is 11.6. The molecule has 6 nitrogen and oxygen atoms in total. The summed E-state index contributed by atoms with van der Waals surface area (Å²) < 4.78 is 25.2. The average molecular weight is 299 g/mol. The van der Waals surface area contributed by atoms with Gasteiger partial charge in [-0.3, -0.25) is 9.52 Å². The third-order valence-corrected chi connectivity index (χ3v) is 3.84. The quantitative estimate of drug-likeness (QED) is 0.633. The van der Waals surface area contributed by atoms with Crippen LogP contribution < -0.4 is 15.4 Å². The molecule has 0 spiro atoms. The molecule has 1 aromatic rings. The Hall–Kier alpha value is -1.60. The Labute approximate surface area is 120 Å². The molecule has 0 aliphatic carbocycles. The minimum Gasteiger partial charge on any atom is -0.325 e. The van der Waals surface area contributed by atoms with Crippen molar-refractivity contribution in [2.24, 2.45) is 0 Å². The molecule has 3 N–H and O–H groups in total. The zero-order chi connectivity index (χ0) is 15.0. The van der Waals surface area contributed by atoms with Gasteiger partial charge in [-0.05, 0) is 44.2 Å². The van der Waals surface area contributed by atoms with Gasteiger partial charge in [0.15, 0.2) is 0 Å². The fraction of sp³-hybridized carbons (Fsp3) is 0.462. The number of sulfonamides is 1. The molecule has 0 saturated heterocycles. The van der Waals surface area contributed by atoms with Crippen LogP contribution in [0.15, 0.2) is 24.3 Å². The first-order chi connectivity index (χ1) is 9.46. The Morgan fingerprint density at radius 2 is 1.70 bits per heavy atom. The number of nitrogens with one attached hydrogen (secondary N) is 3. The van der Waals surface area contributed by atoms with E-state index >= 15 is 0 Å². The summed E-state index contributed by atoms with van der Waals surface area (Å²) in [6.07, 6.45) is 0.972. The molecule has 0 unspecified atom stereocenters. The minimum atomic E-state index is -3.27. The molecular weight excluding hydrogens is 278 g/mol. The van der Waals surface area contributed by atoms with Crippen molar-refractivity contribution in [3.05, 3.63) is 24.3 Å². The second-order valence-electron chi connectivity index (χ2n) is 4.31. The molecule has 0 bridgehead atoms. The van der Waals surface area contributed by atoms with Gasteiger partial charge in [-0.2, -0.15) is 0 Å². The smallest absolute Gasteiger partial charge is 0.238 e. The number of rotatable bonds is 8. The van der Waals surface area contributed by atoms with Gasteiger partial charge in [-0.1, -0.05) is 6.92 Å². The highest BCUT2D eigenvalue weighted by atomic mass is 32.2. The number of anilines is 2. The highest BCUT2D eigenvalue weighted by Gasteiger charge is 2.07. The van der Waals surface area contributed by atoms with Crippen LogP contribution in [-0.2, 0) is 14.8 Å². The first-order valence-corrected chi connectivity index (χ1v) is 8.23. The van der Waals surface area contributed by atoms with Crippen LogP contribution in [0.2, 0.25) is 0 Å². The third-order valence-electron chi connectivity index (χ3n) is 2.53. The standard InChI is InChI=1S/C13H21N3O3S/c1-3-9-14-10-13(17)15-11-5-7-12(8-6-11)16-20(18,19)4-2/h5-8,14,16H,3-4,9-10H2,1-2H3,(H,15,17). The van der Waals surface area contributed by atoms with Crippen molar-refractivity contribution in [3.8, 4) is 0 Å². The Bertz CT molecular complexity index is 526. The van der Waals surface area contributed by atoms with Crippen LogP contribution in [0.25, 0.3) is 0 Å². The van der Waals surface area contributed by atoms with E-state index < -0.39 is 10.0 Å². The predicted molar refractivity (Wildman–Crippen MR) is 81.3 cm³/mol. The van der Waals surface area contributed by atoms with Crippen LogP contribution in [0.1, 0.15) is 20.3 Å². The summed E-state index contributed by atoms with van der Waals surface area (Å²) in [4.78, 5) is 11.6. The molecule has 7 heteroatoms. The zero-order valence-electron chi connectivity index (χ0n) is 11.8. The third kappa shape index (κ3) is 6.03.